The van der Waals surface area contributed by atoms with Crippen molar-refractivity contribution in [3.05, 3.63) is 70.2 Å². The molecule has 124 valence electrons. The van der Waals surface area contributed by atoms with Crippen molar-refractivity contribution >= 4 is 17.0 Å². The highest BCUT2D eigenvalue weighted by Crippen LogP contribution is 2.16. The van der Waals surface area contributed by atoms with Gasteiger partial charge in [0, 0.05) is 27.1 Å². The van der Waals surface area contributed by atoms with Crippen molar-refractivity contribution in [1.82, 2.24) is 9.47 Å². The first-order chi connectivity index (χ1) is 11.5. The first-order valence-electron chi connectivity index (χ1n) is 7.91. The Morgan fingerprint density at radius 2 is 1.88 bits per heavy atom. The van der Waals surface area contributed by atoms with Crippen molar-refractivity contribution in [3.8, 4) is 0 Å². The fourth-order valence-electron chi connectivity index (χ4n) is 2.72. The molecule has 0 aliphatic carbocycles. The summed E-state index contributed by atoms with van der Waals surface area (Å²) >= 11 is 0. The van der Waals surface area contributed by atoms with E-state index in [1.165, 1.54) is 4.57 Å². The lowest BCUT2D eigenvalue weighted by Gasteiger charge is -2.17. The highest BCUT2D eigenvalue weighted by atomic mass is 16.4. The highest BCUT2D eigenvalue weighted by Gasteiger charge is 2.11. The second-order valence-electron chi connectivity index (χ2n) is 5.96. The Hall–Kier alpha value is -2.82. The van der Waals surface area contributed by atoms with Gasteiger partial charge in [-0.15, -0.1) is 0 Å². The van der Waals surface area contributed by atoms with Gasteiger partial charge in [-0.25, -0.2) is 4.79 Å². The van der Waals surface area contributed by atoms with Gasteiger partial charge in [0.2, 0.25) is 5.91 Å². The van der Waals surface area contributed by atoms with E-state index < -0.39 is 0 Å². The third-order valence-corrected chi connectivity index (χ3v) is 4.17. The van der Waals surface area contributed by atoms with Crippen LogP contribution in [0.15, 0.2) is 57.7 Å². The van der Waals surface area contributed by atoms with Crippen molar-refractivity contribution in [3.63, 3.8) is 0 Å². The van der Waals surface area contributed by atoms with Crippen LogP contribution in [-0.2, 0) is 24.8 Å². The van der Waals surface area contributed by atoms with Gasteiger partial charge in [0.05, 0.1) is 5.52 Å². The lowest BCUT2D eigenvalue weighted by molar-refractivity contribution is -0.130. The van der Waals surface area contributed by atoms with E-state index in [4.69, 9.17) is 4.42 Å². The van der Waals surface area contributed by atoms with Crippen LogP contribution in [-0.4, -0.2) is 22.4 Å². The maximum Gasteiger partial charge on any atom is 0.419 e. The monoisotopic (exact) mass is 324 g/mol. The summed E-state index contributed by atoms with van der Waals surface area (Å²) in [7, 11) is 3.50. The van der Waals surface area contributed by atoms with Gasteiger partial charge in [-0.05, 0) is 29.7 Å². The third-order valence-electron chi connectivity index (χ3n) is 4.17. The maximum atomic E-state index is 12.3. The van der Waals surface area contributed by atoms with E-state index in [1.54, 1.807) is 18.0 Å². The second kappa shape index (κ2) is 6.74. The van der Waals surface area contributed by atoms with Crippen LogP contribution in [0, 0.1) is 0 Å². The molecule has 1 heterocycles. The van der Waals surface area contributed by atoms with Gasteiger partial charge in [-0.3, -0.25) is 9.36 Å². The molecular formula is C19H20N2O3. The molecule has 24 heavy (non-hydrogen) atoms. The second-order valence-corrected chi connectivity index (χ2v) is 5.96. The molecule has 0 saturated carbocycles. The zero-order valence-corrected chi connectivity index (χ0v) is 13.9. The summed E-state index contributed by atoms with van der Waals surface area (Å²) in [4.78, 5) is 25.6. The number of oxazole rings is 1. The molecule has 0 fully saturated rings. The normalized spacial score (nSPS) is 10.9. The number of carbonyl (C=O) groups is 1. The molecule has 0 aliphatic rings. The summed E-state index contributed by atoms with van der Waals surface area (Å²) in [5, 5.41) is 0. The van der Waals surface area contributed by atoms with Crippen LogP contribution in [0.25, 0.3) is 11.1 Å². The Labute approximate surface area is 140 Å². The lowest BCUT2D eigenvalue weighted by Crippen LogP contribution is -2.26. The maximum absolute atomic E-state index is 12.3. The van der Waals surface area contributed by atoms with Crippen molar-refractivity contribution < 1.29 is 9.21 Å². The number of hydrogen-bond donors (Lipinski definition) is 0. The molecule has 0 spiro atoms. The van der Waals surface area contributed by atoms with E-state index in [0.717, 1.165) is 16.6 Å². The first kappa shape index (κ1) is 16.1. The topological polar surface area (TPSA) is 55.5 Å². The van der Waals surface area contributed by atoms with Crippen LogP contribution in [0.4, 0.5) is 0 Å². The Balaban J connectivity index is 1.63. The number of amides is 1. The average Bonchev–Trinajstić information content (AvgIpc) is 2.88. The van der Waals surface area contributed by atoms with E-state index in [0.29, 0.717) is 25.0 Å². The Morgan fingerprint density at radius 3 is 2.62 bits per heavy atom. The number of carbonyl (C=O) groups excluding carboxylic acids is 1. The van der Waals surface area contributed by atoms with Crippen LogP contribution in [0.1, 0.15) is 17.5 Å². The summed E-state index contributed by atoms with van der Waals surface area (Å²) in [6.45, 7) is 0.606. The molecule has 5 nitrogen and oxygen atoms in total. The quantitative estimate of drug-likeness (QED) is 0.725. The van der Waals surface area contributed by atoms with Crippen LogP contribution in [0.2, 0.25) is 0 Å². The van der Waals surface area contributed by atoms with Crippen molar-refractivity contribution in [2.24, 2.45) is 7.05 Å². The number of benzene rings is 2. The molecule has 3 aromatic rings. The molecule has 5 heteroatoms. The summed E-state index contributed by atoms with van der Waals surface area (Å²) in [6.07, 6.45) is 1.06. The van der Waals surface area contributed by atoms with Crippen LogP contribution < -0.4 is 5.76 Å². The molecule has 0 radical (unpaired) electrons. The van der Waals surface area contributed by atoms with Gasteiger partial charge in [-0.1, -0.05) is 36.4 Å². The van der Waals surface area contributed by atoms with Gasteiger partial charge in [0.25, 0.3) is 0 Å². The van der Waals surface area contributed by atoms with Crippen LogP contribution in [0.3, 0.4) is 0 Å². The molecule has 2 aromatic carbocycles. The van der Waals surface area contributed by atoms with Gasteiger partial charge >= 0.3 is 5.76 Å². The summed E-state index contributed by atoms with van der Waals surface area (Å²) in [5.41, 5.74) is 3.45. The molecule has 0 unspecified atom stereocenters. The minimum absolute atomic E-state index is 0.0973. The van der Waals surface area contributed by atoms with Crippen molar-refractivity contribution in [1.29, 1.82) is 0 Å². The van der Waals surface area contributed by atoms with Gasteiger partial charge < -0.3 is 9.32 Å². The predicted octanol–water partition coefficient (Wildman–Crippen LogP) is 2.72. The molecule has 0 N–H and O–H groups in total. The average molecular weight is 324 g/mol. The molecule has 0 saturated heterocycles. The Morgan fingerprint density at radius 1 is 1.12 bits per heavy atom. The fraction of sp³-hybridized carbons (Fsp3) is 0.263. The van der Waals surface area contributed by atoms with Crippen LogP contribution in [0.5, 0.6) is 0 Å². The number of aryl methyl sites for hydroxylation is 2. The number of rotatable bonds is 5. The van der Waals surface area contributed by atoms with Crippen molar-refractivity contribution in [2.75, 3.05) is 7.05 Å². The fourth-order valence-corrected chi connectivity index (χ4v) is 2.72. The Bertz CT molecular complexity index is 909. The number of hydrogen-bond acceptors (Lipinski definition) is 3. The number of aromatic nitrogens is 1. The first-order valence-corrected chi connectivity index (χ1v) is 7.91. The van der Waals surface area contributed by atoms with E-state index in [9.17, 15) is 9.59 Å². The van der Waals surface area contributed by atoms with Crippen molar-refractivity contribution in [2.45, 2.75) is 19.4 Å². The lowest BCUT2D eigenvalue weighted by atomic mass is 10.1. The smallest absolute Gasteiger partial charge is 0.408 e. The number of nitrogens with zero attached hydrogens (tertiary/aromatic N) is 2. The zero-order chi connectivity index (χ0) is 17.1. The molecule has 0 atom stereocenters. The minimum atomic E-state index is -0.374. The summed E-state index contributed by atoms with van der Waals surface area (Å²) < 4.78 is 6.59. The molecule has 3 rings (SSSR count). The standard InChI is InChI=1S/C19H20N2O3/c1-20(13-15-6-4-3-5-7-15)18(22)11-9-14-8-10-17-16(12-14)21(2)19(23)24-17/h3-8,10,12H,9,11,13H2,1-2H3. The number of fused-ring (bicyclic) bond motifs is 1. The van der Waals surface area contributed by atoms with Crippen LogP contribution >= 0.6 is 0 Å². The third kappa shape index (κ3) is 3.40. The molecular weight excluding hydrogens is 304 g/mol. The Kier molecular flexibility index (Phi) is 4.51. The van der Waals surface area contributed by atoms with Gasteiger partial charge in [0.15, 0.2) is 5.58 Å². The molecule has 0 aliphatic heterocycles. The highest BCUT2D eigenvalue weighted by molar-refractivity contribution is 5.77. The minimum Gasteiger partial charge on any atom is -0.408 e. The SMILES string of the molecule is CN(Cc1ccccc1)C(=O)CCc1ccc2oc(=O)n(C)c2c1. The van der Waals surface area contributed by atoms with Gasteiger partial charge in [-0.2, -0.15) is 0 Å². The zero-order valence-electron chi connectivity index (χ0n) is 13.9. The van der Waals surface area contributed by atoms with E-state index in [1.807, 2.05) is 49.5 Å². The van der Waals surface area contributed by atoms with E-state index in [2.05, 4.69) is 0 Å². The summed E-state index contributed by atoms with van der Waals surface area (Å²) in [5.74, 6) is -0.277. The van der Waals surface area contributed by atoms with E-state index in [-0.39, 0.29) is 11.7 Å². The predicted molar refractivity (Wildman–Crippen MR) is 92.7 cm³/mol. The van der Waals surface area contributed by atoms with Gasteiger partial charge in [0.1, 0.15) is 0 Å². The van der Waals surface area contributed by atoms with E-state index >= 15 is 0 Å². The molecule has 1 aromatic heterocycles. The molecule has 1 amide bonds. The molecule has 0 bridgehead atoms. The largest absolute Gasteiger partial charge is 0.419 e. The summed E-state index contributed by atoms with van der Waals surface area (Å²) in [6, 6.07) is 15.5.